The number of rotatable bonds is 2. The SMILES string of the molecule is C=S1(=O)NC(=O)c2ccc3c(c2)N(C[C@@H]2CC[C@H]2[C@@](O)(C#CCCN(C)C)/C=C/C[C@H](C)[C@H]1C)C[C@@]1(CCCc2cc(Cl)ccc21)CO3. The first kappa shape index (κ1) is 34.9. The lowest BCUT2D eigenvalue weighted by Gasteiger charge is -2.47. The van der Waals surface area contributed by atoms with Crippen LogP contribution in [0.1, 0.15) is 73.9 Å². The van der Waals surface area contributed by atoms with Gasteiger partial charge in [-0.25, -0.2) is 4.21 Å². The summed E-state index contributed by atoms with van der Waals surface area (Å²) in [7, 11) is 1.06. The zero-order chi connectivity index (χ0) is 34.3. The van der Waals surface area contributed by atoms with Gasteiger partial charge in [-0.1, -0.05) is 42.5 Å². The zero-order valence-electron chi connectivity index (χ0n) is 28.8. The van der Waals surface area contributed by atoms with Gasteiger partial charge in [-0.15, -0.1) is 0 Å². The van der Waals surface area contributed by atoms with E-state index in [1.54, 1.807) is 6.07 Å². The van der Waals surface area contributed by atoms with Crippen molar-refractivity contribution in [2.45, 2.75) is 75.1 Å². The second-order valence-electron chi connectivity index (χ2n) is 14.9. The predicted octanol–water partition coefficient (Wildman–Crippen LogP) is 5.87. The number of aryl methyl sites for hydroxylation is 1. The standard InChI is InChI=1S/C39H50ClN3O4S/c1-27-10-8-20-39(45,19-6-7-21-42(3)4)34-15-12-31(34)24-43-25-38(18-9-11-29-22-32(40)14-16-33(29)38)26-47-36-17-13-30(23-35(36)43)37(44)41-48(5,46)28(27)2/h8,13-14,16-17,20,22-23,27-28,31,34,45H,5,7,9-12,15,18,21,24-26H2,1-4H3,(H,41,44,46)/b20-8+/t27-,28+,31-,34+,38-,39+,48?/m0/s1. The van der Waals surface area contributed by atoms with Crippen LogP contribution in [0.25, 0.3) is 0 Å². The first-order valence-electron chi connectivity index (χ1n) is 17.3. The van der Waals surface area contributed by atoms with Crippen molar-refractivity contribution in [2.75, 3.05) is 45.2 Å². The molecule has 2 bridgehead atoms. The average molecular weight is 692 g/mol. The molecule has 2 aliphatic carbocycles. The number of hydrogen-bond acceptors (Lipinski definition) is 6. The van der Waals surface area contributed by atoms with Gasteiger partial charge >= 0.3 is 0 Å². The quantitative estimate of drug-likeness (QED) is 0.233. The van der Waals surface area contributed by atoms with Crippen molar-refractivity contribution in [1.82, 2.24) is 9.62 Å². The van der Waals surface area contributed by atoms with Gasteiger partial charge < -0.3 is 19.6 Å². The van der Waals surface area contributed by atoms with Crippen molar-refractivity contribution in [3.05, 3.63) is 70.3 Å². The third-order valence-corrected chi connectivity index (χ3v) is 13.7. The van der Waals surface area contributed by atoms with E-state index in [9.17, 15) is 14.1 Å². The lowest BCUT2D eigenvalue weighted by molar-refractivity contribution is -0.00326. The number of amides is 1. The van der Waals surface area contributed by atoms with E-state index >= 15 is 0 Å². The van der Waals surface area contributed by atoms with Gasteiger partial charge in [-0.05, 0) is 125 Å². The van der Waals surface area contributed by atoms with Crippen LogP contribution in [0.3, 0.4) is 0 Å². The van der Waals surface area contributed by atoms with Gasteiger partial charge in [0.05, 0.1) is 22.0 Å². The fourth-order valence-corrected chi connectivity index (χ4v) is 9.66. The number of carbonyl (C=O) groups is 1. The summed E-state index contributed by atoms with van der Waals surface area (Å²) in [5.41, 5.74) is 2.24. The molecule has 1 amide bonds. The number of nitrogens with zero attached hydrogens (tertiary/aromatic N) is 2. The fourth-order valence-electron chi connectivity index (χ4n) is 7.98. The largest absolute Gasteiger partial charge is 0.490 e. The van der Waals surface area contributed by atoms with Crippen molar-refractivity contribution in [1.29, 1.82) is 0 Å². The first-order valence-corrected chi connectivity index (χ1v) is 19.5. The minimum absolute atomic E-state index is 0.0502. The molecule has 2 aromatic rings. The third-order valence-electron chi connectivity index (χ3n) is 11.3. The van der Waals surface area contributed by atoms with E-state index in [1.165, 1.54) is 11.1 Å². The Kier molecular flexibility index (Phi) is 9.99. The molecule has 4 aliphatic rings. The van der Waals surface area contributed by atoms with Crippen molar-refractivity contribution in [3.63, 3.8) is 0 Å². The fraction of sp³-hybridized carbons (Fsp3) is 0.538. The Balaban J connectivity index is 1.44. The zero-order valence-corrected chi connectivity index (χ0v) is 30.3. The number of carbonyl (C=O) groups excluding carboxylic acids is 1. The molecular formula is C39H50ClN3O4S. The Labute approximate surface area is 292 Å². The van der Waals surface area contributed by atoms with Crippen LogP contribution in [-0.4, -0.2) is 77.2 Å². The van der Waals surface area contributed by atoms with E-state index in [1.807, 2.05) is 58.3 Å². The molecule has 1 saturated carbocycles. The lowest BCUT2D eigenvalue weighted by Crippen LogP contribution is -2.52. The van der Waals surface area contributed by atoms with E-state index in [0.717, 1.165) is 55.1 Å². The third kappa shape index (κ3) is 7.03. The number of anilines is 1. The molecule has 0 saturated heterocycles. The Bertz CT molecular complexity index is 1750. The topological polar surface area (TPSA) is 82.1 Å². The van der Waals surface area contributed by atoms with Gasteiger partial charge in [0.15, 0.2) is 0 Å². The maximum atomic E-state index is 13.8. The Morgan fingerprint density at radius 1 is 1.21 bits per heavy atom. The van der Waals surface area contributed by atoms with E-state index in [4.69, 9.17) is 16.3 Å². The highest BCUT2D eigenvalue weighted by Gasteiger charge is 2.47. The number of benzene rings is 2. The molecule has 7 nitrogen and oxygen atoms in total. The van der Waals surface area contributed by atoms with Crippen LogP contribution >= 0.6 is 11.6 Å². The molecule has 258 valence electrons. The molecular weight excluding hydrogens is 642 g/mol. The molecule has 0 aromatic heterocycles. The summed E-state index contributed by atoms with van der Waals surface area (Å²) in [5, 5.41) is 12.6. The van der Waals surface area contributed by atoms with Gasteiger partial charge in [0, 0.05) is 53.2 Å². The van der Waals surface area contributed by atoms with Crippen LogP contribution in [0.4, 0.5) is 5.69 Å². The highest BCUT2D eigenvalue weighted by Crippen LogP contribution is 2.48. The normalized spacial score (nSPS) is 34.0. The number of aliphatic hydroxyl groups is 1. The highest BCUT2D eigenvalue weighted by atomic mass is 35.5. The highest BCUT2D eigenvalue weighted by molar-refractivity contribution is 7.99. The molecule has 6 rings (SSSR count). The predicted molar refractivity (Wildman–Crippen MR) is 197 cm³/mol. The summed E-state index contributed by atoms with van der Waals surface area (Å²) in [6, 6.07) is 11.7. The van der Waals surface area contributed by atoms with Crippen LogP contribution < -0.4 is 14.4 Å². The number of nitrogens with one attached hydrogen (secondary N) is 1. The average Bonchev–Trinajstić information content (AvgIpc) is 3.17. The molecule has 1 spiro atoms. The van der Waals surface area contributed by atoms with Crippen molar-refractivity contribution < 1.29 is 18.8 Å². The summed E-state index contributed by atoms with van der Waals surface area (Å²) < 4.78 is 23.3. The summed E-state index contributed by atoms with van der Waals surface area (Å²) in [6.07, 6.45) is 9.94. The molecule has 2 aliphatic heterocycles. The number of halogens is 1. The van der Waals surface area contributed by atoms with Gasteiger partial charge in [0.25, 0.3) is 5.91 Å². The van der Waals surface area contributed by atoms with Crippen molar-refractivity contribution in [3.8, 4) is 17.6 Å². The molecule has 7 atom stereocenters. The minimum atomic E-state index is -2.98. The Morgan fingerprint density at radius 2 is 2.02 bits per heavy atom. The van der Waals surface area contributed by atoms with Crippen LogP contribution in [0, 0.1) is 29.6 Å². The van der Waals surface area contributed by atoms with E-state index in [2.05, 4.69) is 44.4 Å². The number of hydrogen-bond donors (Lipinski definition) is 2. The smallest absolute Gasteiger partial charge is 0.262 e. The summed E-state index contributed by atoms with van der Waals surface area (Å²) in [6.45, 7) is 6.59. The van der Waals surface area contributed by atoms with E-state index < -0.39 is 26.5 Å². The molecule has 1 unspecified atom stereocenters. The Morgan fingerprint density at radius 3 is 2.77 bits per heavy atom. The molecule has 2 N–H and O–H groups in total. The van der Waals surface area contributed by atoms with Gasteiger partial charge in [-0.3, -0.25) is 9.52 Å². The number of allylic oxidation sites excluding steroid dienone is 1. The van der Waals surface area contributed by atoms with Crippen molar-refractivity contribution >= 4 is 38.8 Å². The Hall–Kier alpha value is -2.96. The van der Waals surface area contributed by atoms with Crippen LogP contribution in [0.5, 0.6) is 5.75 Å². The first-order chi connectivity index (χ1) is 22.8. The number of fused-ring (bicyclic) bond motifs is 4. The second kappa shape index (κ2) is 13.7. The lowest BCUT2D eigenvalue weighted by atomic mass is 9.64. The van der Waals surface area contributed by atoms with E-state index in [0.29, 0.717) is 38.1 Å². The maximum Gasteiger partial charge on any atom is 0.262 e. The minimum Gasteiger partial charge on any atom is -0.490 e. The van der Waals surface area contributed by atoms with Crippen LogP contribution in [0.15, 0.2) is 48.6 Å². The van der Waals surface area contributed by atoms with Gasteiger partial charge in [0.2, 0.25) is 0 Å². The van der Waals surface area contributed by atoms with Crippen molar-refractivity contribution in [2.24, 2.45) is 17.8 Å². The van der Waals surface area contributed by atoms with Gasteiger partial charge in [0.1, 0.15) is 11.4 Å². The molecule has 9 heteroatoms. The molecule has 2 heterocycles. The van der Waals surface area contributed by atoms with Gasteiger partial charge in [-0.2, -0.15) is 0 Å². The molecule has 2 aromatic carbocycles. The molecule has 48 heavy (non-hydrogen) atoms. The molecule has 0 radical (unpaired) electrons. The summed E-state index contributed by atoms with van der Waals surface area (Å²) >= 11 is 6.46. The van der Waals surface area contributed by atoms with Crippen LogP contribution in [-0.2, 0) is 21.5 Å². The molecule has 1 fully saturated rings. The second-order valence-corrected chi connectivity index (χ2v) is 17.7. The summed E-state index contributed by atoms with van der Waals surface area (Å²) in [5.74, 6) is 11.0. The summed E-state index contributed by atoms with van der Waals surface area (Å²) in [4.78, 5) is 18.1. The van der Waals surface area contributed by atoms with Crippen LogP contribution in [0.2, 0.25) is 5.02 Å². The number of ether oxygens (including phenoxy) is 1. The van der Waals surface area contributed by atoms with E-state index in [-0.39, 0.29) is 23.2 Å². The maximum absolute atomic E-state index is 13.8. The monoisotopic (exact) mass is 691 g/mol.